The first-order valence-electron chi connectivity index (χ1n) is 9.10. The minimum Gasteiger partial charge on any atom is -0.381 e. The molecular formula is C21H23N5. The summed E-state index contributed by atoms with van der Waals surface area (Å²) in [5, 5.41) is 3.65. The average molecular weight is 345 g/mol. The Hall–Kier alpha value is -2.95. The van der Waals surface area contributed by atoms with E-state index in [2.05, 4.69) is 50.5 Å². The molecule has 1 atom stereocenters. The van der Waals surface area contributed by atoms with Gasteiger partial charge in [0.05, 0.1) is 0 Å². The van der Waals surface area contributed by atoms with Crippen LogP contribution in [0.5, 0.6) is 0 Å². The normalized spacial score (nSPS) is 17.1. The van der Waals surface area contributed by atoms with Crippen LogP contribution in [-0.2, 0) is 0 Å². The summed E-state index contributed by atoms with van der Waals surface area (Å²) < 4.78 is 0. The van der Waals surface area contributed by atoms with E-state index in [1.807, 2.05) is 31.3 Å². The highest BCUT2D eigenvalue weighted by Crippen LogP contribution is 2.23. The topological polar surface area (TPSA) is 53.9 Å². The number of aryl methyl sites for hydroxylation is 1. The van der Waals surface area contributed by atoms with Gasteiger partial charge in [-0.25, -0.2) is 9.97 Å². The van der Waals surface area contributed by atoms with E-state index in [1.54, 1.807) is 6.20 Å². The van der Waals surface area contributed by atoms with Gasteiger partial charge in [0.2, 0.25) is 0 Å². The third kappa shape index (κ3) is 3.82. The molecule has 1 fully saturated rings. The Labute approximate surface area is 154 Å². The van der Waals surface area contributed by atoms with E-state index in [0.29, 0.717) is 6.04 Å². The van der Waals surface area contributed by atoms with E-state index in [1.165, 1.54) is 12.1 Å². The molecule has 1 N–H and O–H groups in total. The van der Waals surface area contributed by atoms with E-state index >= 15 is 0 Å². The van der Waals surface area contributed by atoms with Crippen molar-refractivity contribution in [3.05, 3.63) is 66.6 Å². The first-order valence-corrected chi connectivity index (χ1v) is 9.10. The highest BCUT2D eigenvalue weighted by atomic mass is 15.2. The van der Waals surface area contributed by atoms with Gasteiger partial charge in [0, 0.05) is 54.5 Å². The molecule has 0 bridgehead atoms. The van der Waals surface area contributed by atoms with Gasteiger partial charge < -0.3 is 10.2 Å². The smallest absolute Gasteiger partial charge is 0.163 e. The number of anilines is 2. The van der Waals surface area contributed by atoms with Crippen LogP contribution < -0.4 is 10.2 Å². The lowest BCUT2D eigenvalue weighted by molar-refractivity contribution is 0.526. The van der Waals surface area contributed by atoms with Crippen LogP contribution >= 0.6 is 0 Å². The van der Waals surface area contributed by atoms with Crippen LogP contribution in [0.25, 0.3) is 11.4 Å². The third-order valence-electron chi connectivity index (χ3n) is 4.65. The number of hydrogen-bond acceptors (Lipinski definition) is 5. The van der Waals surface area contributed by atoms with Gasteiger partial charge in [0.15, 0.2) is 5.82 Å². The number of aromatic nitrogens is 3. The van der Waals surface area contributed by atoms with Crippen LogP contribution in [0.3, 0.4) is 0 Å². The molecule has 0 spiro atoms. The van der Waals surface area contributed by atoms with E-state index in [9.17, 15) is 0 Å². The maximum Gasteiger partial charge on any atom is 0.163 e. The molecule has 0 saturated carbocycles. The molecule has 1 unspecified atom stereocenters. The number of nitrogens with one attached hydrogen (secondary N) is 1. The van der Waals surface area contributed by atoms with Crippen LogP contribution in [-0.4, -0.2) is 34.1 Å². The largest absolute Gasteiger partial charge is 0.381 e. The number of para-hydroxylation sites is 1. The molecule has 2 aromatic heterocycles. The molecule has 26 heavy (non-hydrogen) atoms. The maximum absolute atomic E-state index is 4.82. The van der Waals surface area contributed by atoms with E-state index in [-0.39, 0.29) is 0 Å². The van der Waals surface area contributed by atoms with Crippen molar-refractivity contribution < 1.29 is 0 Å². The molecule has 0 aliphatic carbocycles. The summed E-state index contributed by atoms with van der Waals surface area (Å²) >= 11 is 0. The van der Waals surface area contributed by atoms with Crippen molar-refractivity contribution in [3.63, 3.8) is 0 Å². The van der Waals surface area contributed by atoms with E-state index in [0.717, 1.165) is 42.4 Å². The van der Waals surface area contributed by atoms with Gasteiger partial charge in [-0.05, 0) is 44.0 Å². The molecular weight excluding hydrogens is 322 g/mol. The molecule has 1 aliphatic rings. The molecule has 3 heterocycles. The second-order valence-corrected chi connectivity index (χ2v) is 6.73. The first-order chi connectivity index (χ1) is 12.8. The molecule has 0 amide bonds. The van der Waals surface area contributed by atoms with E-state index in [4.69, 9.17) is 4.98 Å². The van der Waals surface area contributed by atoms with E-state index < -0.39 is 0 Å². The Morgan fingerprint density at radius 2 is 1.96 bits per heavy atom. The van der Waals surface area contributed by atoms with Gasteiger partial charge in [-0.3, -0.25) is 4.98 Å². The van der Waals surface area contributed by atoms with Crippen LogP contribution in [0.2, 0.25) is 0 Å². The number of rotatable bonds is 4. The van der Waals surface area contributed by atoms with Crippen LogP contribution in [0.1, 0.15) is 18.5 Å². The second kappa shape index (κ2) is 7.52. The molecule has 5 nitrogen and oxygen atoms in total. The third-order valence-corrected chi connectivity index (χ3v) is 4.65. The van der Waals surface area contributed by atoms with Gasteiger partial charge >= 0.3 is 0 Å². The van der Waals surface area contributed by atoms with Gasteiger partial charge in [0.1, 0.15) is 5.82 Å². The van der Waals surface area contributed by atoms with Crippen molar-refractivity contribution >= 4 is 11.5 Å². The molecule has 1 saturated heterocycles. The number of hydrogen-bond donors (Lipinski definition) is 1. The Morgan fingerprint density at radius 3 is 2.77 bits per heavy atom. The van der Waals surface area contributed by atoms with Gasteiger partial charge in [-0.1, -0.05) is 18.2 Å². The Morgan fingerprint density at radius 1 is 1.08 bits per heavy atom. The summed E-state index contributed by atoms with van der Waals surface area (Å²) in [6, 6.07) is 16.8. The minimum absolute atomic E-state index is 0.420. The quantitative estimate of drug-likeness (QED) is 0.776. The predicted octanol–water partition coefficient (Wildman–Crippen LogP) is 3.93. The second-order valence-electron chi connectivity index (χ2n) is 6.73. The number of pyridine rings is 1. The lowest BCUT2D eigenvalue weighted by atomic mass is 10.1. The predicted molar refractivity (Wildman–Crippen MR) is 105 cm³/mol. The highest BCUT2D eigenvalue weighted by Gasteiger charge is 2.21. The Bertz CT molecular complexity index is 851. The summed E-state index contributed by atoms with van der Waals surface area (Å²) in [5.74, 6) is 1.74. The molecule has 4 rings (SSSR count). The molecule has 1 aromatic carbocycles. The summed E-state index contributed by atoms with van der Waals surface area (Å²) in [6.45, 7) is 3.99. The summed E-state index contributed by atoms with van der Waals surface area (Å²) in [5.41, 5.74) is 3.11. The zero-order chi connectivity index (χ0) is 17.8. The van der Waals surface area contributed by atoms with Crippen molar-refractivity contribution in [1.29, 1.82) is 0 Å². The number of benzene rings is 1. The average Bonchev–Trinajstić information content (AvgIpc) is 2.69. The first kappa shape index (κ1) is 16.5. The fraction of sp³-hybridized carbons (Fsp3) is 0.286. The Kier molecular flexibility index (Phi) is 4.78. The van der Waals surface area contributed by atoms with Gasteiger partial charge in [-0.15, -0.1) is 0 Å². The minimum atomic E-state index is 0.420. The lowest BCUT2D eigenvalue weighted by Crippen LogP contribution is -2.42. The lowest BCUT2D eigenvalue weighted by Gasteiger charge is -2.34. The van der Waals surface area contributed by atoms with Crippen LogP contribution in [0.4, 0.5) is 11.5 Å². The fourth-order valence-corrected chi connectivity index (χ4v) is 3.41. The maximum atomic E-state index is 4.82. The van der Waals surface area contributed by atoms with Crippen LogP contribution in [0.15, 0.2) is 60.9 Å². The molecule has 132 valence electrons. The summed E-state index contributed by atoms with van der Waals surface area (Å²) in [6.07, 6.45) is 5.90. The summed E-state index contributed by atoms with van der Waals surface area (Å²) in [4.78, 5) is 16.0. The SMILES string of the molecule is Cc1cc(N2CCCC(Nc3ccccc3)C2)nc(-c2cccnc2)n1. The Balaban J connectivity index is 1.54. The highest BCUT2D eigenvalue weighted by molar-refractivity contribution is 5.57. The fourth-order valence-electron chi connectivity index (χ4n) is 3.41. The number of nitrogens with zero attached hydrogens (tertiary/aromatic N) is 4. The summed E-state index contributed by atoms with van der Waals surface area (Å²) in [7, 11) is 0. The van der Waals surface area contributed by atoms with Crippen molar-refractivity contribution in [2.75, 3.05) is 23.3 Å². The molecule has 1 aliphatic heterocycles. The molecule has 5 heteroatoms. The number of piperidine rings is 1. The van der Waals surface area contributed by atoms with Gasteiger partial charge in [-0.2, -0.15) is 0 Å². The zero-order valence-electron chi connectivity index (χ0n) is 15.0. The van der Waals surface area contributed by atoms with Crippen LogP contribution in [0, 0.1) is 6.92 Å². The standard InChI is InChI=1S/C21H23N5/c1-16-13-20(25-21(23-16)17-7-5-11-22-14-17)26-12-6-10-19(15-26)24-18-8-3-2-4-9-18/h2-5,7-9,11,13-14,19,24H,6,10,12,15H2,1H3. The van der Waals surface area contributed by atoms with Gasteiger partial charge in [0.25, 0.3) is 0 Å². The molecule has 0 radical (unpaired) electrons. The van der Waals surface area contributed by atoms with Crippen molar-refractivity contribution in [1.82, 2.24) is 15.0 Å². The zero-order valence-corrected chi connectivity index (χ0v) is 15.0. The van der Waals surface area contributed by atoms with Crippen molar-refractivity contribution in [2.45, 2.75) is 25.8 Å². The monoisotopic (exact) mass is 345 g/mol. The van der Waals surface area contributed by atoms with Crippen molar-refractivity contribution in [3.8, 4) is 11.4 Å². The van der Waals surface area contributed by atoms with Crippen molar-refractivity contribution in [2.24, 2.45) is 0 Å². The molecule has 3 aromatic rings.